The predicted octanol–water partition coefficient (Wildman–Crippen LogP) is 7.39. The summed E-state index contributed by atoms with van der Waals surface area (Å²) in [6.45, 7) is 20.7. The smallest absolute Gasteiger partial charge is 0.261 e. The van der Waals surface area contributed by atoms with Gasteiger partial charge in [-0.05, 0) is 61.3 Å². The first-order valence-corrected chi connectivity index (χ1v) is 28.8. The molecule has 28 nitrogen and oxygen atoms in total. The van der Waals surface area contributed by atoms with Crippen molar-refractivity contribution in [2.75, 3.05) is 40.1 Å². The summed E-state index contributed by atoms with van der Waals surface area (Å²) >= 11 is 0. The molecule has 0 aliphatic carbocycles. The van der Waals surface area contributed by atoms with Crippen molar-refractivity contribution >= 4 is 22.6 Å². The van der Waals surface area contributed by atoms with Crippen molar-refractivity contribution in [3.63, 3.8) is 0 Å². The van der Waals surface area contributed by atoms with Gasteiger partial charge in [-0.1, -0.05) is 57.4 Å². The molecule has 0 unspecified atom stereocenters. The summed E-state index contributed by atoms with van der Waals surface area (Å²) in [5.74, 6) is 3.05. The summed E-state index contributed by atoms with van der Waals surface area (Å²) in [4.78, 5) is 33.6. The third kappa shape index (κ3) is 14.7. The Morgan fingerprint density at radius 3 is 0.912 bits per heavy atom. The van der Waals surface area contributed by atoms with E-state index in [1.807, 2.05) is 48.5 Å². The van der Waals surface area contributed by atoms with Crippen LogP contribution in [-0.2, 0) is 18.9 Å². The number of ether oxygens (including phenoxy) is 8. The number of methoxy groups -OCH3 is 1. The van der Waals surface area contributed by atoms with Gasteiger partial charge in [0.2, 0.25) is 22.6 Å². The zero-order valence-corrected chi connectivity index (χ0v) is 50.2. The normalized spacial score (nSPS) is 27.3. The number of aryl methyl sites for hydroxylation is 4. The number of hydrogen-bond acceptors (Lipinski definition) is 24. The molecule has 4 aliphatic heterocycles. The van der Waals surface area contributed by atoms with E-state index in [4.69, 9.17) is 48.1 Å². The van der Waals surface area contributed by atoms with E-state index in [0.717, 1.165) is 12.8 Å². The van der Waals surface area contributed by atoms with Gasteiger partial charge in [0, 0.05) is 11.8 Å². The number of aromatic nitrogens is 16. The fourth-order valence-electron chi connectivity index (χ4n) is 10.9. The van der Waals surface area contributed by atoms with Gasteiger partial charge in [-0.2, -0.15) is 40.3 Å². The molecule has 12 heterocycles. The molecule has 0 radical (unpaired) electrons. The third-order valence-electron chi connectivity index (χ3n) is 15.3. The average molecular weight is 1290 g/mol. The van der Waals surface area contributed by atoms with Gasteiger partial charge in [0.15, 0.2) is 12.3 Å². The van der Waals surface area contributed by atoms with Crippen LogP contribution in [0.25, 0.3) is 22.6 Å². The predicted molar refractivity (Wildman–Crippen MR) is 324 cm³/mol. The minimum absolute atomic E-state index is 0. The first-order chi connectivity index (χ1) is 41.7. The fraction of sp³-hybridized carbons (Fsp3) is 0.661. The molecule has 91 heavy (non-hydrogen) atoms. The van der Waals surface area contributed by atoms with E-state index < -0.39 is 86.7 Å². The molecule has 12 rings (SSSR count). The molecule has 4 aliphatic rings. The number of rotatable bonds is 15. The molecule has 16 atom stereocenters. The molecule has 0 bridgehead atoms. The Hall–Kier alpha value is -7.20. The Bertz CT molecular complexity index is 3350. The lowest BCUT2D eigenvalue weighted by Gasteiger charge is -2.13. The number of hydrogen-bond donors (Lipinski definition) is 4. The lowest BCUT2D eigenvalue weighted by atomic mass is 9.97. The van der Waals surface area contributed by atoms with Crippen molar-refractivity contribution in [2.24, 2.45) is 11.8 Å². The van der Waals surface area contributed by atoms with Gasteiger partial charge in [-0.25, -0.2) is 55.6 Å². The topological polar surface area (TPSA) is 327 Å². The van der Waals surface area contributed by atoms with E-state index >= 15 is 0 Å². The summed E-state index contributed by atoms with van der Waals surface area (Å²) in [7, 11) is 1.45. The van der Waals surface area contributed by atoms with E-state index in [1.54, 1.807) is 49.1 Å². The SMILES string of the molecule is C.C.C.C.CCOc1nc(C)nn2c([C@@H]3O[C@H](CC)[C@@H](C)[C@H]3F)cnc12.CCOc1nc(C)nn2c([C@@H]3O[C@H](CC)[C@@H](C)[C@H]3F)cnc12.CCOc1nc(C)nn2c([C@@H]3O[C@H](CO)[C@@H](O)[C@H]3F)cnc12.COc1nc(C)nn2c([C@@H]3O[C@H](CO)[C@@H](O)[C@H]3F)cnc12. The van der Waals surface area contributed by atoms with Crippen LogP contribution >= 0.6 is 0 Å². The Kier molecular flexibility index (Phi) is 26.1. The van der Waals surface area contributed by atoms with Gasteiger partial charge in [-0.3, -0.25) is 0 Å². The summed E-state index contributed by atoms with van der Waals surface area (Å²) in [6.07, 6.45) is -6.25. The summed E-state index contributed by atoms with van der Waals surface area (Å²) < 4.78 is 108. The van der Waals surface area contributed by atoms with E-state index in [0.29, 0.717) is 106 Å². The minimum atomic E-state index is -1.68. The molecule has 8 aromatic heterocycles. The molecule has 0 saturated carbocycles. The first-order valence-electron chi connectivity index (χ1n) is 28.8. The Balaban J connectivity index is 0.000000217. The second-order valence-electron chi connectivity index (χ2n) is 21.1. The molecule has 0 amide bonds. The molecule has 0 aromatic carbocycles. The molecule has 0 spiro atoms. The molecular weight excluding hydrogens is 1200 g/mol. The molecule has 8 aromatic rings. The highest BCUT2D eigenvalue weighted by atomic mass is 19.1. The maximum Gasteiger partial charge on any atom is 0.261 e. The highest BCUT2D eigenvalue weighted by Gasteiger charge is 2.49. The van der Waals surface area contributed by atoms with E-state index in [1.165, 1.54) is 28.5 Å². The zero-order chi connectivity index (χ0) is 62.7. The number of halogens is 4. The van der Waals surface area contributed by atoms with Crippen LogP contribution in [0.3, 0.4) is 0 Å². The molecule has 4 saturated heterocycles. The van der Waals surface area contributed by atoms with Crippen molar-refractivity contribution in [2.45, 2.75) is 204 Å². The molecule has 4 N–H and O–H groups in total. The number of fused-ring (bicyclic) bond motifs is 4. The summed E-state index contributed by atoms with van der Waals surface area (Å²) in [5.41, 5.74) is 3.54. The number of aliphatic hydroxyl groups excluding tert-OH is 4. The largest absolute Gasteiger partial charge is 0.478 e. The van der Waals surface area contributed by atoms with Crippen molar-refractivity contribution in [3.05, 3.63) is 70.9 Å². The maximum atomic E-state index is 14.6. The van der Waals surface area contributed by atoms with Crippen LogP contribution in [0.1, 0.15) is 162 Å². The summed E-state index contributed by atoms with van der Waals surface area (Å²) in [5, 5.41) is 54.7. The number of imidazole rings is 4. The van der Waals surface area contributed by atoms with Crippen molar-refractivity contribution in [1.29, 1.82) is 0 Å². The molecule has 32 heteroatoms. The van der Waals surface area contributed by atoms with Crippen LogP contribution in [-0.4, -0.2) is 200 Å². The van der Waals surface area contributed by atoms with Crippen LogP contribution in [0, 0.1) is 39.5 Å². The van der Waals surface area contributed by atoms with Gasteiger partial charge >= 0.3 is 0 Å². The van der Waals surface area contributed by atoms with E-state index in [2.05, 4.69) is 60.3 Å². The molecule has 506 valence electrons. The van der Waals surface area contributed by atoms with Gasteiger partial charge in [0.1, 0.15) is 84.5 Å². The van der Waals surface area contributed by atoms with Crippen LogP contribution in [0.5, 0.6) is 23.5 Å². The minimum Gasteiger partial charge on any atom is -0.478 e. The van der Waals surface area contributed by atoms with E-state index in [9.17, 15) is 27.8 Å². The second kappa shape index (κ2) is 31.9. The monoisotopic (exact) mass is 1290 g/mol. The van der Waals surface area contributed by atoms with Crippen molar-refractivity contribution in [1.82, 2.24) is 78.3 Å². The van der Waals surface area contributed by atoms with Crippen LogP contribution in [0.4, 0.5) is 17.6 Å². The van der Waals surface area contributed by atoms with Gasteiger partial charge < -0.3 is 58.3 Å². The quantitative estimate of drug-likeness (QED) is 0.0727. The fourth-order valence-corrected chi connectivity index (χ4v) is 10.9. The first kappa shape index (κ1) is 74.5. The van der Waals surface area contributed by atoms with Crippen molar-refractivity contribution < 1.29 is 75.9 Å². The van der Waals surface area contributed by atoms with E-state index in [-0.39, 0.29) is 59.6 Å². The Labute approximate surface area is 526 Å². The van der Waals surface area contributed by atoms with Crippen molar-refractivity contribution in [3.8, 4) is 23.5 Å². The highest BCUT2D eigenvalue weighted by Crippen LogP contribution is 2.43. The van der Waals surface area contributed by atoms with Crippen LogP contribution < -0.4 is 18.9 Å². The molecular formula is C59H90F4N16O12. The number of nitrogens with zero attached hydrogens (tertiary/aromatic N) is 16. The van der Waals surface area contributed by atoms with Gasteiger partial charge in [0.25, 0.3) is 23.5 Å². The maximum absolute atomic E-state index is 14.6. The average Bonchev–Trinajstić information content (AvgIpc) is 1.69. The second-order valence-corrected chi connectivity index (χ2v) is 21.1. The lowest BCUT2D eigenvalue weighted by molar-refractivity contribution is -0.0241. The van der Waals surface area contributed by atoms with Crippen LogP contribution in [0.2, 0.25) is 0 Å². The standard InChI is InChI=1S/2C15H21FN4O2.C13H17FN4O4.C12H15FN4O4.4CH4/c2*1-5-11-8(3)12(16)13(22-11)10-7-17-14-15(21-6-2)18-9(4)19-20(10)14;1-3-21-13-12-15-4-7(18(12)17-6(2)16-13)11-9(14)10(20)8(5-19)22-11;1-5-15-12(20-2)11-14-3-6(17(11)16-5)10-8(13)9(19)7(4-18)21-10;;;;/h2*7-8,11-13H,5-6H2,1-4H3;4,8-11,19-20H,3,5H2,1-2H3;3,7-10,18-19H,4H2,1-2H3;4*1H4/t2*8-,11-,12-,13+;8-,9-,10-,11+;7-,8-,9-,10+;;;;/m1111..../s1. The van der Waals surface area contributed by atoms with Gasteiger partial charge in [0.05, 0.1) is 99.9 Å². The van der Waals surface area contributed by atoms with Crippen LogP contribution in [0.15, 0.2) is 24.8 Å². The lowest BCUT2D eigenvalue weighted by Crippen LogP contribution is -2.30. The van der Waals surface area contributed by atoms with Gasteiger partial charge in [-0.15, -0.1) is 0 Å². The number of alkyl halides is 4. The third-order valence-corrected chi connectivity index (χ3v) is 15.3. The highest BCUT2D eigenvalue weighted by molar-refractivity contribution is 5.52. The Morgan fingerprint density at radius 2 is 0.681 bits per heavy atom. The number of aliphatic hydroxyl groups is 4. The molecule has 4 fully saturated rings. The Morgan fingerprint density at radius 1 is 0.429 bits per heavy atom. The summed E-state index contributed by atoms with van der Waals surface area (Å²) in [6, 6.07) is 0. The zero-order valence-electron chi connectivity index (χ0n) is 50.2.